The third kappa shape index (κ3) is 4.28. The van der Waals surface area contributed by atoms with Gasteiger partial charge in [-0.2, -0.15) is 0 Å². The highest BCUT2D eigenvalue weighted by Crippen LogP contribution is 2.65. The van der Waals surface area contributed by atoms with E-state index in [0.29, 0.717) is 52.1 Å². The minimum atomic E-state index is -1.16. The van der Waals surface area contributed by atoms with Crippen molar-refractivity contribution in [3.8, 4) is 0 Å². The molecule has 0 saturated carbocycles. The van der Waals surface area contributed by atoms with Crippen LogP contribution in [0.4, 0.5) is 0 Å². The van der Waals surface area contributed by atoms with Crippen LogP contribution >= 0.6 is 0 Å². The number of morpholine rings is 1. The van der Waals surface area contributed by atoms with Gasteiger partial charge in [-0.25, -0.2) is 0 Å². The monoisotopic (exact) mass is 493 g/mol. The SMILES string of the molecule is C=CCN(CCN1CCOCC1)C(=O)C1N(CCCCO)C(=O)[C@@H]2[C@@H](C(=O)O)[C@]3(C)OC12CC3C. The van der Waals surface area contributed by atoms with E-state index >= 15 is 0 Å². The van der Waals surface area contributed by atoms with Crippen LogP contribution in [0.15, 0.2) is 12.7 Å². The molecule has 0 aromatic carbocycles. The summed E-state index contributed by atoms with van der Waals surface area (Å²) < 4.78 is 11.9. The highest BCUT2D eigenvalue weighted by Gasteiger charge is 2.80. The van der Waals surface area contributed by atoms with Gasteiger partial charge >= 0.3 is 5.97 Å². The van der Waals surface area contributed by atoms with Gasteiger partial charge in [0.15, 0.2) is 0 Å². The molecule has 4 fully saturated rings. The number of carbonyl (C=O) groups is 3. The summed E-state index contributed by atoms with van der Waals surface area (Å²) in [5.41, 5.74) is -2.16. The Morgan fingerprint density at radius 1 is 1.26 bits per heavy atom. The van der Waals surface area contributed by atoms with Gasteiger partial charge in [0.2, 0.25) is 11.8 Å². The molecule has 4 saturated heterocycles. The van der Waals surface area contributed by atoms with Crippen molar-refractivity contribution in [2.45, 2.75) is 50.4 Å². The topological polar surface area (TPSA) is 120 Å². The summed E-state index contributed by atoms with van der Waals surface area (Å²) >= 11 is 0. The number of aliphatic hydroxyl groups excluding tert-OH is 1. The second-order valence-electron chi connectivity index (χ2n) is 10.5. The van der Waals surface area contributed by atoms with Crippen molar-refractivity contribution < 1.29 is 34.1 Å². The number of carboxylic acid groups (broad SMARTS) is 1. The third-order valence-electron chi connectivity index (χ3n) is 8.57. The van der Waals surface area contributed by atoms with Crippen LogP contribution in [0, 0.1) is 17.8 Å². The largest absolute Gasteiger partial charge is 0.481 e. The molecule has 196 valence electrons. The lowest BCUT2D eigenvalue weighted by Crippen LogP contribution is -2.57. The standard InChI is InChI=1S/C25H39N3O7/c1-4-7-27(10-9-26-11-14-34-15-12-26)22(31)20-25-16-17(2)24(3,35-25)19(23(32)33)18(25)21(30)28(20)8-5-6-13-29/h4,17-20,29H,1,5-16H2,2-3H3,(H,32,33)/t17?,18-,19-,20?,24+,25?/m0/s1. The van der Waals surface area contributed by atoms with Crippen LogP contribution in [0.5, 0.6) is 0 Å². The van der Waals surface area contributed by atoms with E-state index in [1.54, 1.807) is 22.8 Å². The van der Waals surface area contributed by atoms with E-state index in [1.807, 2.05) is 6.92 Å². The number of amides is 2. The Bertz CT molecular complexity index is 847. The van der Waals surface area contributed by atoms with Gasteiger partial charge in [0.1, 0.15) is 17.6 Å². The zero-order valence-electron chi connectivity index (χ0n) is 20.9. The molecule has 2 amide bonds. The van der Waals surface area contributed by atoms with Crippen molar-refractivity contribution in [1.29, 1.82) is 0 Å². The Labute approximate surface area is 206 Å². The van der Waals surface area contributed by atoms with Crippen LogP contribution < -0.4 is 0 Å². The summed E-state index contributed by atoms with van der Waals surface area (Å²) in [6.07, 6.45) is 3.15. The van der Waals surface area contributed by atoms with Crippen LogP contribution in [-0.4, -0.2) is 119 Å². The molecule has 0 aromatic rings. The summed E-state index contributed by atoms with van der Waals surface area (Å²) in [5.74, 6) is -3.61. The van der Waals surface area contributed by atoms with Crippen LogP contribution in [-0.2, 0) is 23.9 Å². The number of fused-ring (bicyclic) bond motifs is 1. The highest BCUT2D eigenvalue weighted by atomic mass is 16.5. The van der Waals surface area contributed by atoms with Gasteiger partial charge in [0.05, 0.1) is 24.7 Å². The highest BCUT2D eigenvalue weighted by molar-refractivity contribution is 5.98. The van der Waals surface area contributed by atoms with Crippen molar-refractivity contribution in [3.63, 3.8) is 0 Å². The minimum absolute atomic E-state index is 0.0132. The quantitative estimate of drug-likeness (QED) is 0.310. The third-order valence-corrected chi connectivity index (χ3v) is 8.57. The molecule has 4 rings (SSSR count). The molecule has 4 heterocycles. The van der Waals surface area contributed by atoms with Crippen LogP contribution in [0.2, 0.25) is 0 Å². The Kier molecular flexibility index (Phi) is 7.57. The zero-order valence-corrected chi connectivity index (χ0v) is 20.9. The van der Waals surface area contributed by atoms with E-state index in [9.17, 15) is 24.6 Å². The van der Waals surface area contributed by atoms with E-state index in [-0.39, 0.29) is 30.9 Å². The van der Waals surface area contributed by atoms with Crippen molar-refractivity contribution in [1.82, 2.24) is 14.7 Å². The van der Waals surface area contributed by atoms with Crippen LogP contribution in [0.3, 0.4) is 0 Å². The number of aliphatic hydroxyl groups is 1. The zero-order chi connectivity index (χ0) is 25.4. The first-order chi connectivity index (χ1) is 16.7. The maximum absolute atomic E-state index is 14.2. The van der Waals surface area contributed by atoms with Gasteiger partial charge in [-0.05, 0) is 32.1 Å². The molecule has 10 heteroatoms. The number of aliphatic carboxylic acids is 1. The number of carbonyl (C=O) groups excluding carboxylic acids is 2. The van der Waals surface area contributed by atoms with Gasteiger partial charge in [-0.3, -0.25) is 19.3 Å². The average molecular weight is 494 g/mol. The fourth-order valence-corrected chi connectivity index (χ4v) is 6.74. The fraction of sp³-hybridized carbons (Fsp3) is 0.800. The number of unbranched alkanes of at least 4 members (excludes halogenated alkanes) is 1. The van der Waals surface area contributed by atoms with E-state index < -0.39 is 35.0 Å². The molecule has 0 aliphatic carbocycles. The van der Waals surface area contributed by atoms with E-state index in [4.69, 9.17) is 9.47 Å². The van der Waals surface area contributed by atoms with Gasteiger partial charge in [0.25, 0.3) is 0 Å². The molecule has 4 aliphatic rings. The molecule has 3 unspecified atom stereocenters. The molecule has 6 atom stereocenters. The van der Waals surface area contributed by atoms with Crippen molar-refractivity contribution in [2.24, 2.45) is 17.8 Å². The molecule has 35 heavy (non-hydrogen) atoms. The number of nitrogens with zero attached hydrogens (tertiary/aromatic N) is 3. The maximum atomic E-state index is 14.2. The van der Waals surface area contributed by atoms with Crippen molar-refractivity contribution in [2.75, 3.05) is 59.1 Å². The number of ether oxygens (including phenoxy) is 2. The molecule has 0 aromatic heterocycles. The summed E-state index contributed by atoms with van der Waals surface area (Å²) in [7, 11) is 0. The van der Waals surface area contributed by atoms with E-state index in [2.05, 4.69) is 11.5 Å². The van der Waals surface area contributed by atoms with E-state index in [0.717, 1.165) is 13.1 Å². The summed E-state index contributed by atoms with van der Waals surface area (Å²) in [4.78, 5) is 45.8. The second-order valence-corrected chi connectivity index (χ2v) is 10.5. The molecule has 4 aliphatic heterocycles. The second kappa shape index (κ2) is 10.2. The summed E-state index contributed by atoms with van der Waals surface area (Å²) in [5, 5.41) is 19.4. The van der Waals surface area contributed by atoms with Crippen molar-refractivity contribution in [3.05, 3.63) is 12.7 Å². The molecule has 2 bridgehead atoms. The Balaban J connectivity index is 1.65. The maximum Gasteiger partial charge on any atom is 0.310 e. The fourth-order valence-electron chi connectivity index (χ4n) is 6.74. The predicted molar refractivity (Wildman–Crippen MR) is 126 cm³/mol. The van der Waals surface area contributed by atoms with Gasteiger partial charge in [-0.15, -0.1) is 6.58 Å². The van der Waals surface area contributed by atoms with Gasteiger partial charge in [0, 0.05) is 45.9 Å². The Hall–Kier alpha value is -2.01. The molecular weight excluding hydrogens is 454 g/mol. The first-order valence-corrected chi connectivity index (χ1v) is 12.8. The lowest BCUT2D eigenvalue weighted by molar-refractivity contribution is -0.158. The molecule has 0 radical (unpaired) electrons. The Morgan fingerprint density at radius 2 is 1.97 bits per heavy atom. The van der Waals surface area contributed by atoms with Crippen LogP contribution in [0.1, 0.15) is 33.1 Å². The van der Waals surface area contributed by atoms with Crippen molar-refractivity contribution >= 4 is 17.8 Å². The molecule has 10 nitrogen and oxygen atoms in total. The number of carboxylic acids is 1. The average Bonchev–Trinajstić information content (AvgIpc) is 3.34. The Morgan fingerprint density at radius 3 is 2.60 bits per heavy atom. The lowest BCUT2D eigenvalue weighted by Gasteiger charge is -2.38. The number of hydrogen-bond acceptors (Lipinski definition) is 7. The first kappa shape index (κ1) is 26.1. The lowest BCUT2D eigenvalue weighted by atomic mass is 9.62. The molecule has 1 spiro atoms. The van der Waals surface area contributed by atoms with E-state index in [1.165, 1.54) is 0 Å². The summed E-state index contributed by atoms with van der Waals surface area (Å²) in [6.45, 7) is 12.2. The van der Waals surface area contributed by atoms with Crippen LogP contribution in [0.25, 0.3) is 0 Å². The summed E-state index contributed by atoms with van der Waals surface area (Å²) in [6, 6.07) is -0.892. The number of rotatable bonds is 11. The number of likely N-dealkylation sites (tertiary alicyclic amines) is 1. The van der Waals surface area contributed by atoms with Gasteiger partial charge < -0.3 is 29.5 Å². The predicted octanol–water partition coefficient (Wildman–Crippen LogP) is 0.201. The number of hydrogen-bond donors (Lipinski definition) is 2. The first-order valence-electron chi connectivity index (χ1n) is 12.8. The van der Waals surface area contributed by atoms with Gasteiger partial charge in [-0.1, -0.05) is 13.0 Å². The smallest absolute Gasteiger partial charge is 0.310 e. The normalized spacial score (nSPS) is 36.4. The minimum Gasteiger partial charge on any atom is -0.481 e. The molecule has 2 N–H and O–H groups in total. The molecular formula is C25H39N3O7.